The highest BCUT2D eigenvalue weighted by molar-refractivity contribution is 7.90. The van der Waals surface area contributed by atoms with Crippen molar-refractivity contribution in [2.45, 2.75) is 74.9 Å². The molecule has 0 unspecified atom stereocenters. The molecular weight excluding hydrogens is 877 g/mol. The molecule has 1 amide bonds. The van der Waals surface area contributed by atoms with Gasteiger partial charge in [0.05, 0.1) is 60.7 Å². The summed E-state index contributed by atoms with van der Waals surface area (Å²) in [6, 6.07) is 20.3. The number of rotatable bonds is 12. The molecule has 0 radical (unpaired) electrons. The summed E-state index contributed by atoms with van der Waals surface area (Å²) in [7, 11) is -4.66. The van der Waals surface area contributed by atoms with E-state index in [0.29, 0.717) is 56.1 Å². The first-order valence-electron chi connectivity index (χ1n) is 23.4. The number of ether oxygens (including phenoxy) is 4. The SMILES string of the molecule is CC(C)c1ccccc1[C@H]1COCCN1C1CC2(CCN(c3ccc(C(=O)NS(=O)(=O)c4cc5c(c([N+](=O)[O-])c4)N[C@@H](CN4CCOCC4)CCO5)c(Oc4cnc5[nH]ccc5c4)c3)CC2)C1. The molecule has 10 rings (SSSR count). The number of nitro groups is 1. The van der Waals surface area contributed by atoms with Gasteiger partial charge in [0.2, 0.25) is 0 Å². The number of pyridine rings is 1. The minimum Gasteiger partial charge on any atom is -0.491 e. The van der Waals surface area contributed by atoms with Gasteiger partial charge in [-0.1, -0.05) is 38.1 Å². The molecule has 1 aliphatic carbocycles. The fourth-order valence-corrected chi connectivity index (χ4v) is 11.8. The van der Waals surface area contributed by atoms with Crippen molar-refractivity contribution < 1.29 is 37.1 Å². The van der Waals surface area contributed by atoms with Crippen molar-refractivity contribution in [1.29, 1.82) is 0 Å². The number of carbonyl (C=O) groups is 1. The van der Waals surface area contributed by atoms with Crippen LogP contribution in [0.5, 0.6) is 17.2 Å². The number of nitrogens with one attached hydrogen (secondary N) is 3. The Balaban J connectivity index is 0.860. The highest BCUT2D eigenvalue weighted by atomic mass is 32.2. The number of H-pyrrole nitrogens is 1. The number of benzene rings is 3. The topological polar surface area (TPSA) is 194 Å². The fraction of sp³-hybridized carbons (Fsp3) is 0.469. The molecule has 0 bridgehead atoms. The van der Waals surface area contributed by atoms with Gasteiger partial charge >= 0.3 is 0 Å². The van der Waals surface area contributed by atoms with Gasteiger partial charge in [0.15, 0.2) is 11.4 Å². The molecule has 3 N–H and O–H groups in total. The van der Waals surface area contributed by atoms with Crippen LogP contribution >= 0.6 is 0 Å². The number of nitro benzene ring substituents is 1. The van der Waals surface area contributed by atoms with Gasteiger partial charge in [-0.15, -0.1) is 0 Å². The number of hydrogen-bond donors (Lipinski definition) is 3. The average Bonchev–Trinajstić information content (AvgIpc) is 3.69. The number of aromatic amines is 1. The van der Waals surface area contributed by atoms with E-state index in [2.05, 4.69) is 72.8 Å². The third-order valence-electron chi connectivity index (χ3n) is 14.4. The lowest BCUT2D eigenvalue weighted by Gasteiger charge is -2.57. The summed E-state index contributed by atoms with van der Waals surface area (Å²) >= 11 is 0. The standard InChI is InChI=1S/C49H58N8O9S/c1-32(2)39-5-3-4-6-40(39)43-31-64-22-18-56(43)36-27-49(28-36)11-14-55(15-12-49)35-7-8-41(44(24-35)66-37-23-33-9-13-50-47(33)51-29-37)48(58)53-67(61,62)38-25-42(57(59)60)46-45(26-38)65-19-10-34(52-46)30-54-16-20-63-21-17-54/h3-9,13,23-26,29,32,34,36,43,52H,10-12,14-22,27-28,30-31H2,1-2H3,(H,50,51)(H,53,58)/t34-,43-/m1/s1. The lowest BCUT2D eigenvalue weighted by molar-refractivity contribution is -0.384. The Morgan fingerprint density at radius 2 is 1.78 bits per heavy atom. The first kappa shape index (κ1) is 45.0. The molecule has 6 heterocycles. The van der Waals surface area contributed by atoms with Crippen molar-refractivity contribution in [2.75, 3.05) is 82.5 Å². The Hall–Kier alpha value is -5.79. The smallest absolute Gasteiger partial charge is 0.297 e. The first-order chi connectivity index (χ1) is 32.4. The molecule has 354 valence electrons. The van der Waals surface area contributed by atoms with Crippen LogP contribution in [-0.4, -0.2) is 123 Å². The number of fused-ring (bicyclic) bond motifs is 2. The van der Waals surface area contributed by atoms with Crippen molar-refractivity contribution in [3.63, 3.8) is 0 Å². The van der Waals surface area contributed by atoms with E-state index in [1.807, 2.05) is 12.1 Å². The van der Waals surface area contributed by atoms with E-state index in [-0.39, 0.29) is 46.9 Å². The van der Waals surface area contributed by atoms with E-state index < -0.39 is 31.4 Å². The summed E-state index contributed by atoms with van der Waals surface area (Å²) in [5, 5.41) is 16.5. The van der Waals surface area contributed by atoms with Gasteiger partial charge < -0.3 is 34.1 Å². The highest BCUT2D eigenvalue weighted by Crippen LogP contribution is 2.53. The van der Waals surface area contributed by atoms with Crippen LogP contribution in [0.1, 0.15) is 79.4 Å². The normalized spacial score (nSPS) is 21.5. The molecule has 1 spiro atoms. The molecule has 67 heavy (non-hydrogen) atoms. The van der Waals surface area contributed by atoms with Crippen LogP contribution in [0.25, 0.3) is 11.0 Å². The fourth-order valence-electron chi connectivity index (χ4n) is 10.8. The van der Waals surface area contributed by atoms with E-state index >= 15 is 0 Å². The Labute approximate surface area is 390 Å². The zero-order chi connectivity index (χ0) is 46.3. The van der Waals surface area contributed by atoms with Crippen LogP contribution in [0, 0.1) is 15.5 Å². The monoisotopic (exact) mass is 934 g/mol. The third kappa shape index (κ3) is 9.41. The quantitative estimate of drug-likeness (QED) is 0.0838. The van der Waals surface area contributed by atoms with Crippen LogP contribution < -0.4 is 24.4 Å². The zero-order valence-corrected chi connectivity index (χ0v) is 38.8. The number of hydrogen-bond acceptors (Lipinski definition) is 14. The number of carbonyl (C=O) groups excluding carboxylic acids is 1. The van der Waals surface area contributed by atoms with Crippen molar-refractivity contribution in [2.24, 2.45) is 5.41 Å². The maximum atomic E-state index is 14.1. The second-order valence-corrected chi connectivity index (χ2v) is 20.6. The van der Waals surface area contributed by atoms with E-state index in [1.165, 1.54) is 23.4 Å². The molecule has 17 nitrogen and oxygen atoms in total. The Morgan fingerprint density at radius 3 is 2.57 bits per heavy atom. The average molecular weight is 935 g/mol. The van der Waals surface area contributed by atoms with E-state index in [9.17, 15) is 23.3 Å². The summed E-state index contributed by atoms with van der Waals surface area (Å²) in [4.78, 5) is 40.2. The predicted octanol–water partition coefficient (Wildman–Crippen LogP) is 7.22. The van der Waals surface area contributed by atoms with E-state index in [4.69, 9.17) is 18.9 Å². The number of piperidine rings is 1. The molecule has 5 aliphatic rings. The largest absolute Gasteiger partial charge is 0.491 e. The van der Waals surface area contributed by atoms with E-state index in [1.54, 1.807) is 24.4 Å². The Kier molecular flexibility index (Phi) is 12.6. The molecular formula is C49H58N8O9S. The molecule has 18 heteroatoms. The van der Waals surface area contributed by atoms with Crippen molar-refractivity contribution in [3.05, 3.63) is 106 Å². The molecule has 4 aliphatic heterocycles. The van der Waals surface area contributed by atoms with Gasteiger partial charge in [-0.3, -0.25) is 24.7 Å². The lowest BCUT2D eigenvalue weighted by atomic mass is 9.59. The van der Waals surface area contributed by atoms with Crippen LogP contribution in [0.2, 0.25) is 0 Å². The number of aromatic nitrogens is 2. The van der Waals surface area contributed by atoms with Gasteiger partial charge in [0.1, 0.15) is 17.1 Å². The molecule has 4 fully saturated rings. The second kappa shape index (κ2) is 18.7. The van der Waals surface area contributed by atoms with Gasteiger partial charge in [0.25, 0.3) is 21.6 Å². The molecule has 2 atom stereocenters. The summed E-state index contributed by atoms with van der Waals surface area (Å²) in [6.45, 7) is 12.0. The molecule has 2 aromatic heterocycles. The summed E-state index contributed by atoms with van der Waals surface area (Å²) in [6.07, 6.45) is 8.17. The number of amides is 1. The maximum absolute atomic E-state index is 14.1. The number of anilines is 2. The summed E-state index contributed by atoms with van der Waals surface area (Å²) < 4.78 is 54.0. The predicted molar refractivity (Wildman–Crippen MR) is 253 cm³/mol. The van der Waals surface area contributed by atoms with Crippen LogP contribution in [0.3, 0.4) is 0 Å². The Morgan fingerprint density at radius 1 is 0.985 bits per heavy atom. The van der Waals surface area contributed by atoms with Gasteiger partial charge in [-0.2, -0.15) is 0 Å². The highest BCUT2D eigenvalue weighted by Gasteiger charge is 2.50. The van der Waals surface area contributed by atoms with Crippen LogP contribution in [0.15, 0.2) is 84.0 Å². The summed E-state index contributed by atoms with van der Waals surface area (Å²) in [5.74, 6) is -0.0173. The number of morpholine rings is 2. The first-order valence-corrected chi connectivity index (χ1v) is 24.9. The minimum absolute atomic E-state index is 0.0194. The molecule has 3 saturated heterocycles. The van der Waals surface area contributed by atoms with Gasteiger partial charge in [-0.05, 0) is 72.4 Å². The van der Waals surface area contributed by atoms with Crippen LogP contribution in [-0.2, 0) is 19.5 Å². The van der Waals surface area contributed by atoms with Crippen molar-refractivity contribution in [1.82, 2.24) is 24.5 Å². The minimum atomic E-state index is -4.66. The second-order valence-electron chi connectivity index (χ2n) is 18.9. The Bertz CT molecular complexity index is 2740. The van der Waals surface area contributed by atoms with Crippen molar-refractivity contribution >= 4 is 44.0 Å². The molecule has 5 aromatic rings. The number of sulfonamides is 1. The molecule has 3 aromatic carbocycles. The van der Waals surface area contributed by atoms with Crippen molar-refractivity contribution in [3.8, 4) is 17.2 Å². The van der Waals surface area contributed by atoms with Gasteiger partial charge in [-0.25, -0.2) is 18.1 Å². The third-order valence-corrected chi connectivity index (χ3v) is 15.7. The molecule has 1 saturated carbocycles. The number of nitrogens with zero attached hydrogens (tertiary/aromatic N) is 5. The van der Waals surface area contributed by atoms with Crippen LogP contribution in [0.4, 0.5) is 17.1 Å². The van der Waals surface area contributed by atoms with Gasteiger partial charge in [0, 0.05) is 93.2 Å². The zero-order valence-electron chi connectivity index (χ0n) is 37.9. The van der Waals surface area contributed by atoms with E-state index in [0.717, 1.165) is 82.2 Å². The lowest BCUT2D eigenvalue weighted by Crippen LogP contribution is -2.58. The summed E-state index contributed by atoms with van der Waals surface area (Å²) in [5.41, 5.74) is 4.11. The maximum Gasteiger partial charge on any atom is 0.297 e.